The number of hydrogen-bond acceptors (Lipinski definition) is 3. The van der Waals surface area contributed by atoms with Crippen molar-refractivity contribution in [1.29, 1.82) is 0 Å². The lowest BCUT2D eigenvalue weighted by Crippen LogP contribution is -2.37. The molecule has 0 aromatic heterocycles. The molecule has 1 aliphatic carbocycles. The van der Waals surface area contributed by atoms with E-state index in [1.807, 2.05) is 6.92 Å². The summed E-state index contributed by atoms with van der Waals surface area (Å²) in [5.74, 6) is 1.53. The van der Waals surface area contributed by atoms with E-state index in [0.29, 0.717) is 17.8 Å². The van der Waals surface area contributed by atoms with E-state index in [4.69, 9.17) is 10.5 Å². The van der Waals surface area contributed by atoms with Crippen molar-refractivity contribution in [2.24, 2.45) is 28.9 Å². The van der Waals surface area contributed by atoms with Gasteiger partial charge in [-0.25, -0.2) is 0 Å². The summed E-state index contributed by atoms with van der Waals surface area (Å²) in [5, 5.41) is 0. The largest absolute Gasteiger partial charge is 0.469 e. The van der Waals surface area contributed by atoms with Crippen LogP contribution in [0.25, 0.3) is 0 Å². The molecule has 0 aromatic carbocycles. The zero-order valence-corrected chi connectivity index (χ0v) is 13.2. The Kier molecular flexibility index (Phi) is 5.84. The van der Waals surface area contributed by atoms with Crippen LogP contribution in [0.1, 0.15) is 59.8 Å². The zero-order chi connectivity index (χ0) is 14.6. The molecule has 2 N–H and O–H groups in total. The first-order valence-electron chi connectivity index (χ1n) is 7.58. The van der Waals surface area contributed by atoms with Crippen LogP contribution in [-0.4, -0.2) is 19.1 Å². The van der Waals surface area contributed by atoms with Crippen molar-refractivity contribution in [3.8, 4) is 0 Å². The fourth-order valence-electron chi connectivity index (χ4n) is 3.47. The van der Waals surface area contributed by atoms with Gasteiger partial charge in [0, 0.05) is 6.04 Å². The van der Waals surface area contributed by atoms with Crippen molar-refractivity contribution in [2.45, 2.75) is 65.8 Å². The number of carbonyl (C=O) groups is 1. The third-order valence-corrected chi connectivity index (χ3v) is 4.91. The minimum absolute atomic E-state index is 0.0651. The van der Waals surface area contributed by atoms with Gasteiger partial charge in [0.25, 0.3) is 0 Å². The molecule has 2 unspecified atom stereocenters. The van der Waals surface area contributed by atoms with Crippen LogP contribution in [0.2, 0.25) is 0 Å². The Morgan fingerprint density at radius 3 is 2.16 bits per heavy atom. The molecule has 3 heteroatoms. The second-order valence-corrected chi connectivity index (χ2v) is 7.28. The number of methoxy groups -OCH3 is 1. The zero-order valence-electron chi connectivity index (χ0n) is 13.2. The van der Waals surface area contributed by atoms with Crippen LogP contribution in [0.4, 0.5) is 0 Å². The highest BCUT2D eigenvalue weighted by Gasteiger charge is 2.34. The molecule has 0 heterocycles. The summed E-state index contributed by atoms with van der Waals surface area (Å²) < 4.78 is 4.80. The Morgan fingerprint density at radius 1 is 1.26 bits per heavy atom. The van der Waals surface area contributed by atoms with Gasteiger partial charge < -0.3 is 10.5 Å². The molecule has 2 atom stereocenters. The molecule has 112 valence electrons. The van der Waals surface area contributed by atoms with E-state index in [1.54, 1.807) is 0 Å². The highest BCUT2D eigenvalue weighted by atomic mass is 16.5. The summed E-state index contributed by atoms with van der Waals surface area (Å²) >= 11 is 0. The lowest BCUT2D eigenvalue weighted by Gasteiger charge is -2.40. The first kappa shape index (κ1) is 16.5. The van der Waals surface area contributed by atoms with Crippen molar-refractivity contribution >= 4 is 5.97 Å². The van der Waals surface area contributed by atoms with Gasteiger partial charge >= 0.3 is 5.97 Å². The van der Waals surface area contributed by atoms with Gasteiger partial charge in [0.2, 0.25) is 0 Å². The fraction of sp³-hybridized carbons (Fsp3) is 0.938. The lowest BCUT2D eigenvalue weighted by molar-refractivity contribution is -0.142. The molecule has 0 saturated heterocycles. The Labute approximate surface area is 118 Å². The number of nitrogens with two attached hydrogens (primary N) is 1. The second kappa shape index (κ2) is 6.74. The molecule has 1 saturated carbocycles. The molecule has 3 nitrogen and oxygen atoms in total. The minimum Gasteiger partial charge on any atom is -0.469 e. The van der Waals surface area contributed by atoms with Crippen LogP contribution in [-0.2, 0) is 9.53 Å². The molecule has 0 aliphatic heterocycles. The van der Waals surface area contributed by atoms with Crippen molar-refractivity contribution in [3.05, 3.63) is 0 Å². The van der Waals surface area contributed by atoms with Crippen LogP contribution in [0.15, 0.2) is 0 Å². The molecular formula is C16H31NO2. The average molecular weight is 269 g/mol. The summed E-state index contributed by atoms with van der Waals surface area (Å²) in [4.78, 5) is 11.5. The standard InChI is InChI=1S/C16H31NO2/c1-11(17)14(10-15(18)19-5)12-6-8-13(9-7-12)16(2,3)4/h11-14H,6-10,17H2,1-5H3. The summed E-state index contributed by atoms with van der Waals surface area (Å²) in [7, 11) is 1.46. The fourth-order valence-corrected chi connectivity index (χ4v) is 3.47. The molecular weight excluding hydrogens is 238 g/mol. The predicted octanol–water partition coefficient (Wildman–Crippen LogP) is 3.37. The molecule has 0 aromatic rings. The average Bonchev–Trinajstić information content (AvgIpc) is 2.34. The molecule has 1 aliphatic rings. The molecule has 19 heavy (non-hydrogen) atoms. The Balaban J connectivity index is 2.57. The van der Waals surface area contributed by atoms with Gasteiger partial charge in [-0.2, -0.15) is 0 Å². The van der Waals surface area contributed by atoms with E-state index >= 15 is 0 Å². The van der Waals surface area contributed by atoms with Crippen molar-refractivity contribution in [3.63, 3.8) is 0 Å². The second-order valence-electron chi connectivity index (χ2n) is 7.28. The van der Waals surface area contributed by atoms with E-state index in [2.05, 4.69) is 20.8 Å². The molecule has 1 fully saturated rings. The minimum atomic E-state index is -0.125. The van der Waals surface area contributed by atoms with Crippen LogP contribution in [0.5, 0.6) is 0 Å². The Morgan fingerprint density at radius 2 is 1.79 bits per heavy atom. The normalized spacial score (nSPS) is 27.7. The van der Waals surface area contributed by atoms with Crippen LogP contribution < -0.4 is 5.73 Å². The van der Waals surface area contributed by atoms with Gasteiger partial charge in [0.15, 0.2) is 0 Å². The summed E-state index contributed by atoms with van der Waals surface area (Å²) in [6.07, 6.45) is 5.40. The maximum Gasteiger partial charge on any atom is 0.305 e. The SMILES string of the molecule is COC(=O)CC(C(C)N)C1CCC(C(C)(C)C)CC1. The van der Waals surface area contributed by atoms with Gasteiger partial charge in [-0.1, -0.05) is 20.8 Å². The van der Waals surface area contributed by atoms with E-state index < -0.39 is 0 Å². The smallest absolute Gasteiger partial charge is 0.305 e. The number of esters is 1. The number of rotatable bonds is 4. The van der Waals surface area contributed by atoms with Gasteiger partial charge in [-0.05, 0) is 55.8 Å². The van der Waals surface area contributed by atoms with E-state index in [9.17, 15) is 4.79 Å². The maximum atomic E-state index is 11.5. The van der Waals surface area contributed by atoms with Crippen molar-refractivity contribution < 1.29 is 9.53 Å². The Hall–Kier alpha value is -0.570. The molecule has 0 bridgehead atoms. The van der Waals surface area contributed by atoms with E-state index in [-0.39, 0.29) is 17.9 Å². The van der Waals surface area contributed by atoms with Gasteiger partial charge in [-0.3, -0.25) is 4.79 Å². The monoisotopic (exact) mass is 269 g/mol. The van der Waals surface area contributed by atoms with Gasteiger partial charge in [0.05, 0.1) is 13.5 Å². The third kappa shape index (κ3) is 4.79. The number of hydrogen-bond donors (Lipinski definition) is 1. The molecule has 0 spiro atoms. The first-order valence-corrected chi connectivity index (χ1v) is 7.58. The predicted molar refractivity (Wildman–Crippen MR) is 78.7 cm³/mol. The van der Waals surface area contributed by atoms with Gasteiger partial charge in [-0.15, -0.1) is 0 Å². The topological polar surface area (TPSA) is 52.3 Å². The van der Waals surface area contributed by atoms with Gasteiger partial charge in [0.1, 0.15) is 0 Å². The van der Waals surface area contributed by atoms with E-state index in [0.717, 1.165) is 5.92 Å². The highest BCUT2D eigenvalue weighted by molar-refractivity contribution is 5.69. The molecule has 0 amide bonds. The third-order valence-electron chi connectivity index (χ3n) is 4.91. The summed E-state index contributed by atoms with van der Waals surface area (Å²) in [6.45, 7) is 9.00. The molecule has 1 rings (SSSR count). The highest BCUT2D eigenvalue weighted by Crippen LogP contribution is 2.42. The van der Waals surface area contributed by atoms with Crippen molar-refractivity contribution in [1.82, 2.24) is 0 Å². The van der Waals surface area contributed by atoms with Crippen molar-refractivity contribution in [2.75, 3.05) is 7.11 Å². The first-order chi connectivity index (χ1) is 8.75. The van der Waals surface area contributed by atoms with Crippen LogP contribution in [0.3, 0.4) is 0 Å². The van der Waals surface area contributed by atoms with E-state index in [1.165, 1.54) is 32.8 Å². The number of ether oxygens (including phenoxy) is 1. The quantitative estimate of drug-likeness (QED) is 0.796. The summed E-state index contributed by atoms with van der Waals surface area (Å²) in [6, 6.07) is 0.0651. The number of carbonyl (C=O) groups excluding carboxylic acids is 1. The molecule has 0 radical (unpaired) electrons. The lowest BCUT2D eigenvalue weighted by atomic mass is 9.66. The van der Waals surface area contributed by atoms with Crippen LogP contribution >= 0.6 is 0 Å². The Bertz CT molecular complexity index is 286. The maximum absolute atomic E-state index is 11.5. The summed E-state index contributed by atoms with van der Waals surface area (Å²) in [5.41, 5.74) is 6.48. The van der Waals surface area contributed by atoms with Crippen LogP contribution in [0, 0.1) is 23.2 Å².